The summed E-state index contributed by atoms with van der Waals surface area (Å²) in [5, 5.41) is 23.8. The minimum atomic E-state index is -1.08. The number of ketones is 1. The van der Waals surface area contributed by atoms with Crippen LogP contribution < -0.4 is 0 Å². The molecule has 0 rings (SSSR count). The molecular formula is C9H14O7. The van der Waals surface area contributed by atoms with Crippen LogP contribution in [0.4, 0.5) is 0 Å². The summed E-state index contributed by atoms with van der Waals surface area (Å²) in [6.07, 6.45) is -0.491. The highest BCUT2D eigenvalue weighted by molar-refractivity contribution is 5.80. The van der Waals surface area contributed by atoms with Crippen LogP contribution in [0.15, 0.2) is 0 Å². The predicted octanol–water partition coefficient (Wildman–Crippen LogP) is 0.376. The zero-order valence-corrected chi connectivity index (χ0v) is 8.80. The predicted molar refractivity (Wildman–Crippen MR) is 52.1 cm³/mol. The van der Waals surface area contributed by atoms with Crippen LogP contribution in [0.3, 0.4) is 0 Å². The summed E-state index contributed by atoms with van der Waals surface area (Å²) in [4.78, 5) is 39.1. The van der Waals surface area contributed by atoms with E-state index in [1.807, 2.05) is 0 Å². The molecule has 0 spiro atoms. The molecule has 0 aromatic rings. The smallest absolute Gasteiger partial charge is 0.303 e. The maximum atomic E-state index is 10.1. The van der Waals surface area contributed by atoms with Gasteiger partial charge in [-0.2, -0.15) is 0 Å². The third-order valence-corrected chi connectivity index (χ3v) is 1.24. The molecule has 0 aromatic heterocycles. The van der Waals surface area contributed by atoms with Crippen molar-refractivity contribution in [3.63, 3.8) is 0 Å². The summed E-state index contributed by atoms with van der Waals surface area (Å²) in [5.41, 5.74) is 0. The fourth-order valence-corrected chi connectivity index (χ4v) is 0.497. The molecular weight excluding hydrogens is 220 g/mol. The summed E-state index contributed by atoms with van der Waals surface area (Å²) in [7, 11) is 0. The van der Waals surface area contributed by atoms with E-state index < -0.39 is 17.9 Å². The monoisotopic (exact) mass is 234 g/mol. The summed E-state index contributed by atoms with van der Waals surface area (Å²) in [6, 6.07) is 0. The fourth-order valence-electron chi connectivity index (χ4n) is 0.497. The number of aliphatic carboxylic acids is 3. The fraction of sp³-hybridized carbons (Fsp3) is 0.556. The van der Waals surface area contributed by atoms with E-state index in [0.717, 1.165) is 0 Å². The van der Waals surface area contributed by atoms with Crippen molar-refractivity contribution in [2.75, 3.05) is 0 Å². The normalized spacial score (nSPS) is 8.56. The molecule has 0 radical (unpaired) electrons. The summed E-state index contributed by atoms with van der Waals surface area (Å²) < 4.78 is 0. The Morgan fingerprint density at radius 2 is 0.938 bits per heavy atom. The molecule has 3 N–H and O–H groups in total. The van der Waals surface area contributed by atoms with Crippen molar-refractivity contribution in [3.8, 4) is 0 Å². The van der Waals surface area contributed by atoms with Crippen molar-refractivity contribution < 1.29 is 34.5 Å². The molecule has 0 unspecified atom stereocenters. The van der Waals surface area contributed by atoms with Gasteiger partial charge in [-0.3, -0.25) is 14.4 Å². The number of hydrogen-bond donors (Lipinski definition) is 3. The topological polar surface area (TPSA) is 129 Å². The Morgan fingerprint density at radius 1 is 0.688 bits per heavy atom. The van der Waals surface area contributed by atoms with Crippen molar-refractivity contribution in [1.82, 2.24) is 0 Å². The quantitative estimate of drug-likeness (QED) is 0.605. The minimum absolute atomic E-state index is 0.0463. The van der Waals surface area contributed by atoms with Crippen LogP contribution in [0.5, 0.6) is 0 Å². The maximum absolute atomic E-state index is 10.1. The number of carbonyl (C=O) groups excluding carboxylic acids is 1. The molecule has 0 aliphatic carbocycles. The van der Waals surface area contributed by atoms with Crippen LogP contribution in [0.1, 0.15) is 32.6 Å². The average molecular weight is 234 g/mol. The highest BCUT2D eigenvalue weighted by Crippen LogP contribution is 1.88. The molecule has 0 amide bonds. The van der Waals surface area contributed by atoms with Crippen LogP contribution in [-0.4, -0.2) is 39.0 Å². The van der Waals surface area contributed by atoms with Gasteiger partial charge in [-0.15, -0.1) is 0 Å². The van der Waals surface area contributed by atoms with Crippen LogP contribution in [0, 0.1) is 0 Å². The molecule has 7 nitrogen and oxygen atoms in total. The first kappa shape index (κ1) is 16.5. The first-order chi connectivity index (χ1) is 7.25. The standard InChI is InChI=1S/C5H8O3.C4H6O4/c1-4(6)2-3-5(7)8;5-3(6)1-2-4(7)8/h2-3H2,1H3,(H,7,8);1-2H2,(H,5,6)(H,7,8). The van der Waals surface area contributed by atoms with Crippen molar-refractivity contribution in [3.05, 3.63) is 0 Å². The largest absolute Gasteiger partial charge is 0.481 e. The molecule has 0 aliphatic heterocycles. The molecule has 7 heteroatoms. The van der Waals surface area contributed by atoms with E-state index in [-0.39, 0.29) is 31.5 Å². The van der Waals surface area contributed by atoms with Crippen molar-refractivity contribution in [1.29, 1.82) is 0 Å². The number of carboxylic acid groups (broad SMARTS) is 3. The molecule has 0 aromatic carbocycles. The van der Waals surface area contributed by atoms with Crippen LogP contribution in [-0.2, 0) is 19.2 Å². The number of rotatable bonds is 6. The van der Waals surface area contributed by atoms with Crippen LogP contribution in [0.25, 0.3) is 0 Å². The molecule has 16 heavy (non-hydrogen) atoms. The second-order valence-electron chi connectivity index (χ2n) is 2.88. The lowest BCUT2D eigenvalue weighted by atomic mass is 10.2. The summed E-state index contributed by atoms with van der Waals surface area (Å²) in [5.74, 6) is -3.15. The maximum Gasteiger partial charge on any atom is 0.303 e. The Hall–Kier alpha value is -1.92. The second kappa shape index (κ2) is 9.63. The van der Waals surface area contributed by atoms with Gasteiger partial charge in [0.15, 0.2) is 0 Å². The number of carbonyl (C=O) groups is 4. The molecule has 0 aliphatic rings. The lowest BCUT2D eigenvalue weighted by Crippen LogP contribution is -2.00. The van der Waals surface area contributed by atoms with Crippen LogP contribution in [0.2, 0.25) is 0 Å². The van der Waals surface area contributed by atoms with E-state index in [1.165, 1.54) is 6.92 Å². The van der Waals surface area contributed by atoms with E-state index in [9.17, 15) is 19.2 Å². The molecule has 0 saturated carbocycles. The van der Waals surface area contributed by atoms with E-state index in [1.54, 1.807) is 0 Å². The second-order valence-corrected chi connectivity index (χ2v) is 2.88. The van der Waals surface area contributed by atoms with Gasteiger partial charge in [0.05, 0.1) is 19.3 Å². The molecule has 0 atom stereocenters. The first-order valence-electron chi connectivity index (χ1n) is 4.40. The minimum Gasteiger partial charge on any atom is -0.481 e. The van der Waals surface area contributed by atoms with Crippen molar-refractivity contribution in [2.24, 2.45) is 0 Å². The van der Waals surface area contributed by atoms with Gasteiger partial charge in [-0.25, -0.2) is 0 Å². The number of hydrogen-bond acceptors (Lipinski definition) is 4. The number of Topliss-reactive ketones (excluding diaryl/α,β-unsaturated/α-hetero) is 1. The van der Waals surface area contributed by atoms with Gasteiger partial charge in [-0.05, 0) is 6.92 Å². The van der Waals surface area contributed by atoms with Crippen molar-refractivity contribution in [2.45, 2.75) is 32.6 Å². The molecule has 0 heterocycles. The van der Waals surface area contributed by atoms with Crippen molar-refractivity contribution >= 4 is 23.7 Å². The van der Waals surface area contributed by atoms with Gasteiger partial charge < -0.3 is 20.1 Å². The molecule has 0 bridgehead atoms. The van der Waals surface area contributed by atoms with E-state index in [0.29, 0.717) is 0 Å². The Balaban J connectivity index is 0. The van der Waals surface area contributed by atoms with Gasteiger partial charge in [0.1, 0.15) is 5.78 Å². The average Bonchev–Trinajstić information content (AvgIpc) is 2.12. The van der Waals surface area contributed by atoms with Gasteiger partial charge in [-0.1, -0.05) is 0 Å². The molecule has 92 valence electrons. The summed E-state index contributed by atoms with van der Waals surface area (Å²) >= 11 is 0. The Morgan fingerprint density at radius 3 is 1.06 bits per heavy atom. The van der Waals surface area contributed by atoms with Gasteiger partial charge in [0, 0.05) is 6.42 Å². The molecule has 0 saturated heterocycles. The zero-order chi connectivity index (χ0) is 13.1. The summed E-state index contributed by atoms with van der Waals surface area (Å²) in [6.45, 7) is 1.38. The zero-order valence-electron chi connectivity index (χ0n) is 8.80. The lowest BCUT2D eigenvalue weighted by Gasteiger charge is -1.86. The van der Waals surface area contributed by atoms with E-state index in [4.69, 9.17) is 15.3 Å². The van der Waals surface area contributed by atoms with Gasteiger partial charge in [0.2, 0.25) is 0 Å². The Kier molecular flexibility index (Phi) is 9.93. The first-order valence-corrected chi connectivity index (χ1v) is 4.40. The van der Waals surface area contributed by atoms with Gasteiger partial charge >= 0.3 is 17.9 Å². The van der Waals surface area contributed by atoms with E-state index in [2.05, 4.69) is 0 Å². The number of carboxylic acids is 3. The van der Waals surface area contributed by atoms with E-state index >= 15 is 0 Å². The third kappa shape index (κ3) is 22.7. The highest BCUT2D eigenvalue weighted by Gasteiger charge is 2.00. The SMILES string of the molecule is CC(=O)CCC(=O)O.O=C(O)CCC(=O)O. The highest BCUT2D eigenvalue weighted by atomic mass is 16.4. The lowest BCUT2D eigenvalue weighted by molar-refractivity contribution is -0.143. The molecule has 0 fully saturated rings. The third-order valence-electron chi connectivity index (χ3n) is 1.24. The van der Waals surface area contributed by atoms with Gasteiger partial charge in [0.25, 0.3) is 0 Å². The Labute approximate surface area is 91.7 Å². The van der Waals surface area contributed by atoms with Crippen LogP contribution >= 0.6 is 0 Å². The Bertz CT molecular complexity index is 213.